The SMILES string of the molecule is NC(=O)c1ccc(CNC2(C(F)(F)F)CC2)c(F)c1. The van der Waals surface area contributed by atoms with Crippen molar-refractivity contribution in [2.24, 2.45) is 5.73 Å². The molecule has 0 atom stereocenters. The molecule has 0 unspecified atom stereocenters. The average molecular weight is 276 g/mol. The molecule has 1 aromatic rings. The zero-order valence-corrected chi connectivity index (χ0v) is 9.85. The van der Waals surface area contributed by atoms with Gasteiger partial charge in [0, 0.05) is 17.7 Å². The number of halogens is 4. The van der Waals surface area contributed by atoms with Crippen molar-refractivity contribution in [3.05, 3.63) is 35.1 Å². The molecule has 0 radical (unpaired) electrons. The van der Waals surface area contributed by atoms with Crippen LogP contribution in [-0.2, 0) is 6.54 Å². The number of rotatable bonds is 4. The molecule has 0 saturated heterocycles. The van der Waals surface area contributed by atoms with E-state index in [2.05, 4.69) is 5.32 Å². The summed E-state index contributed by atoms with van der Waals surface area (Å²) >= 11 is 0. The maximum absolute atomic E-state index is 13.6. The predicted octanol–water partition coefficient (Wildman–Crippen LogP) is 2.11. The second-order valence-corrected chi connectivity index (χ2v) is 4.60. The Labute approximate surface area is 106 Å². The van der Waals surface area contributed by atoms with Crippen LogP contribution in [0.4, 0.5) is 17.6 Å². The molecule has 1 aliphatic carbocycles. The van der Waals surface area contributed by atoms with E-state index in [0.717, 1.165) is 6.07 Å². The van der Waals surface area contributed by atoms with E-state index in [1.54, 1.807) is 0 Å². The highest BCUT2D eigenvalue weighted by Gasteiger charge is 2.62. The minimum Gasteiger partial charge on any atom is -0.366 e. The second-order valence-electron chi connectivity index (χ2n) is 4.60. The van der Waals surface area contributed by atoms with Gasteiger partial charge in [-0.15, -0.1) is 0 Å². The third kappa shape index (κ3) is 2.70. The zero-order chi connectivity index (χ0) is 14.3. The first kappa shape index (κ1) is 13.8. The number of hydrogen-bond donors (Lipinski definition) is 2. The monoisotopic (exact) mass is 276 g/mol. The fourth-order valence-electron chi connectivity index (χ4n) is 1.79. The largest absolute Gasteiger partial charge is 0.406 e. The lowest BCUT2D eigenvalue weighted by molar-refractivity contribution is -0.166. The van der Waals surface area contributed by atoms with Gasteiger partial charge in [-0.25, -0.2) is 4.39 Å². The van der Waals surface area contributed by atoms with Gasteiger partial charge < -0.3 is 5.73 Å². The van der Waals surface area contributed by atoms with Gasteiger partial charge in [-0.1, -0.05) is 6.07 Å². The first-order valence-corrected chi connectivity index (χ1v) is 5.65. The molecule has 19 heavy (non-hydrogen) atoms. The van der Waals surface area contributed by atoms with Crippen LogP contribution < -0.4 is 11.1 Å². The van der Waals surface area contributed by atoms with Crippen molar-refractivity contribution in [1.29, 1.82) is 0 Å². The summed E-state index contributed by atoms with van der Waals surface area (Å²) < 4.78 is 51.5. The molecule has 1 amide bonds. The van der Waals surface area contributed by atoms with Gasteiger partial charge in [-0.3, -0.25) is 10.1 Å². The molecule has 0 aliphatic heterocycles. The summed E-state index contributed by atoms with van der Waals surface area (Å²) in [6.45, 7) is -0.246. The molecule has 3 N–H and O–H groups in total. The zero-order valence-electron chi connectivity index (χ0n) is 9.85. The van der Waals surface area contributed by atoms with Crippen LogP contribution in [0, 0.1) is 5.82 Å². The van der Waals surface area contributed by atoms with E-state index in [9.17, 15) is 22.4 Å². The van der Waals surface area contributed by atoms with Crippen molar-refractivity contribution in [2.45, 2.75) is 31.1 Å². The Kier molecular flexibility index (Phi) is 3.25. The average Bonchev–Trinajstić information content (AvgIpc) is 3.07. The second kappa shape index (κ2) is 4.48. The molecular formula is C12H12F4N2O. The Morgan fingerprint density at radius 1 is 1.37 bits per heavy atom. The standard InChI is InChI=1S/C12H12F4N2O/c13-9-5-7(10(17)19)1-2-8(9)6-18-11(3-4-11)12(14,15)16/h1-2,5,18H,3-4,6H2,(H2,17,19). The van der Waals surface area contributed by atoms with Crippen molar-refractivity contribution in [1.82, 2.24) is 5.32 Å². The summed E-state index contributed by atoms with van der Waals surface area (Å²) in [5, 5.41) is 2.33. The molecule has 0 spiro atoms. The van der Waals surface area contributed by atoms with E-state index >= 15 is 0 Å². The molecule has 1 saturated carbocycles. The highest BCUT2D eigenvalue weighted by atomic mass is 19.4. The van der Waals surface area contributed by atoms with E-state index < -0.39 is 23.4 Å². The van der Waals surface area contributed by atoms with Crippen molar-refractivity contribution in [3.63, 3.8) is 0 Å². The van der Waals surface area contributed by atoms with E-state index in [1.807, 2.05) is 0 Å². The Morgan fingerprint density at radius 2 is 2.00 bits per heavy atom. The molecule has 2 rings (SSSR count). The summed E-state index contributed by atoms with van der Waals surface area (Å²) in [4.78, 5) is 10.8. The fraction of sp³-hybridized carbons (Fsp3) is 0.417. The maximum atomic E-state index is 13.6. The Bertz CT molecular complexity index is 509. The van der Waals surface area contributed by atoms with Gasteiger partial charge in [0.05, 0.1) is 0 Å². The minimum atomic E-state index is -4.34. The number of carbonyl (C=O) groups excluding carboxylic acids is 1. The third-order valence-corrected chi connectivity index (χ3v) is 3.25. The van der Waals surface area contributed by atoms with Crippen LogP contribution in [0.5, 0.6) is 0 Å². The van der Waals surface area contributed by atoms with Crippen molar-refractivity contribution < 1.29 is 22.4 Å². The van der Waals surface area contributed by atoms with Crippen LogP contribution in [-0.4, -0.2) is 17.6 Å². The molecule has 1 aliphatic rings. The fourth-order valence-corrected chi connectivity index (χ4v) is 1.79. The molecule has 0 bridgehead atoms. The van der Waals surface area contributed by atoms with Gasteiger partial charge in [0.2, 0.25) is 5.91 Å². The van der Waals surface area contributed by atoms with E-state index in [1.165, 1.54) is 12.1 Å². The topological polar surface area (TPSA) is 55.1 Å². The smallest absolute Gasteiger partial charge is 0.366 e. The van der Waals surface area contributed by atoms with Gasteiger partial charge in [0.1, 0.15) is 11.4 Å². The summed E-state index contributed by atoms with van der Waals surface area (Å²) in [5.74, 6) is -1.53. The van der Waals surface area contributed by atoms with Crippen molar-refractivity contribution in [3.8, 4) is 0 Å². The Balaban J connectivity index is 2.07. The van der Waals surface area contributed by atoms with Gasteiger partial charge in [-0.05, 0) is 25.0 Å². The Morgan fingerprint density at radius 3 is 2.42 bits per heavy atom. The Hall–Kier alpha value is -1.63. The van der Waals surface area contributed by atoms with Crippen LogP contribution in [0.3, 0.4) is 0 Å². The summed E-state index contributed by atoms with van der Waals surface area (Å²) in [7, 11) is 0. The van der Waals surface area contributed by atoms with Crippen molar-refractivity contribution in [2.75, 3.05) is 0 Å². The molecule has 0 heterocycles. The van der Waals surface area contributed by atoms with Crippen LogP contribution in [0.1, 0.15) is 28.8 Å². The normalized spacial score (nSPS) is 17.3. The van der Waals surface area contributed by atoms with Crippen LogP contribution in [0.2, 0.25) is 0 Å². The van der Waals surface area contributed by atoms with Gasteiger partial charge in [0.15, 0.2) is 0 Å². The van der Waals surface area contributed by atoms with Crippen LogP contribution in [0.15, 0.2) is 18.2 Å². The van der Waals surface area contributed by atoms with Crippen molar-refractivity contribution >= 4 is 5.91 Å². The lowest BCUT2D eigenvalue weighted by Gasteiger charge is -2.20. The first-order chi connectivity index (χ1) is 8.75. The minimum absolute atomic E-state index is 0.00249. The molecule has 104 valence electrons. The molecule has 3 nitrogen and oxygen atoms in total. The molecule has 1 fully saturated rings. The quantitative estimate of drug-likeness (QED) is 0.827. The molecule has 7 heteroatoms. The number of hydrogen-bond acceptors (Lipinski definition) is 2. The van der Waals surface area contributed by atoms with Gasteiger partial charge in [-0.2, -0.15) is 13.2 Å². The van der Waals surface area contributed by atoms with E-state index in [0.29, 0.717) is 0 Å². The molecular weight excluding hydrogens is 264 g/mol. The van der Waals surface area contributed by atoms with Gasteiger partial charge in [0.25, 0.3) is 0 Å². The molecule has 0 aromatic heterocycles. The highest BCUT2D eigenvalue weighted by molar-refractivity contribution is 5.92. The third-order valence-electron chi connectivity index (χ3n) is 3.25. The van der Waals surface area contributed by atoms with E-state index in [-0.39, 0.29) is 30.5 Å². The van der Waals surface area contributed by atoms with Gasteiger partial charge >= 0.3 is 6.18 Å². The summed E-state index contributed by atoms with van der Waals surface area (Å²) in [5.41, 5.74) is 3.14. The highest BCUT2D eigenvalue weighted by Crippen LogP contribution is 2.49. The first-order valence-electron chi connectivity index (χ1n) is 5.65. The predicted molar refractivity (Wildman–Crippen MR) is 59.8 cm³/mol. The molecule has 1 aromatic carbocycles. The maximum Gasteiger partial charge on any atom is 0.406 e. The number of nitrogens with one attached hydrogen (secondary N) is 1. The summed E-state index contributed by atoms with van der Waals surface area (Å²) in [6, 6.07) is 3.47. The number of benzene rings is 1. The number of nitrogens with two attached hydrogens (primary N) is 1. The van der Waals surface area contributed by atoms with E-state index in [4.69, 9.17) is 5.73 Å². The number of alkyl halides is 3. The number of primary amides is 1. The lowest BCUT2D eigenvalue weighted by atomic mass is 10.1. The lowest BCUT2D eigenvalue weighted by Crippen LogP contribution is -2.44. The van der Waals surface area contributed by atoms with Crippen LogP contribution in [0.25, 0.3) is 0 Å². The van der Waals surface area contributed by atoms with Crippen LogP contribution >= 0.6 is 0 Å². The number of carbonyl (C=O) groups is 1. The number of amides is 1. The summed E-state index contributed by atoms with van der Waals surface area (Å²) in [6.07, 6.45) is -4.34.